The van der Waals surface area contributed by atoms with Crippen molar-refractivity contribution in [2.24, 2.45) is 0 Å². The minimum absolute atomic E-state index is 0.0466. The van der Waals surface area contributed by atoms with E-state index in [4.69, 9.17) is 0 Å². The molecule has 0 bridgehead atoms. The first-order chi connectivity index (χ1) is 13.7. The molecule has 0 radical (unpaired) electrons. The average Bonchev–Trinajstić information content (AvgIpc) is 2.93. The minimum atomic E-state index is -0.0466. The monoisotopic (exact) mass is 392 g/mol. The second-order valence-corrected chi connectivity index (χ2v) is 10.1. The molecule has 0 spiro atoms. The summed E-state index contributed by atoms with van der Waals surface area (Å²) >= 11 is 0. The zero-order valence-corrected chi connectivity index (χ0v) is 19.7. The first-order valence-electron chi connectivity index (χ1n) is 11.4. The van der Waals surface area contributed by atoms with Crippen molar-refractivity contribution in [3.63, 3.8) is 0 Å². The lowest BCUT2D eigenvalue weighted by atomic mass is 9.76. The maximum Gasteiger partial charge on any atom is 0.0464 e. The van der Waals surface area contributed by atoms with Gasteiger partial charge in [0, 0.05) is 30.6 Å². The normalized spacial score (nSPS) is 14.9. The van der Waals surface area contributed by atoms with Gasteiger partial charge in [0.15, 0.2) is 0 Å². The lowest BCUT2D eigenvalue weighted by Crippen LogP contribution is -2.48. The van der Waals surface area contributed by atoms with Gasteiger partial charge in [-0.3, -0.25) is 0 Å². The van der Waals surface area contributed by atoms with E-state index in [2.05, 4.69) is 102 Å². The van der Waals surface area contributed by atoms with Crippen molar-refractivity contribution in [1.29, 1.82) is 0 Å². The smallest absolute Gasteiger partial charge is 0.0464 e. The van der Waals surface area contributed by atoms with Crippen LogP contribution in [0.1, 0.15) is 89.5 Å². The van der Waals surface area contributed by atoms with E-state index >= 15 is 0 Å². The zero-order valence-electron chi connectivity index (χ0n) is 19.7. The first-order valence-corrected chi connectivity index (χ1v) is 11.4. The van der Waals surface area contributed by atoms with Crippen molar-refractivity contribution in [1.82, 2.24) is 10.6 Å². The van der Waals surface area contributed by atoms with Crippen LogP contribution >= 0.6 is 0 Å². The molecule has 2 aromatic rings. The van der Waals surface area contributed by atoms with Crippen LogP contribution in [0.4, 0.5) is 0 Å². The van der Waals surface area contributed by atoms with Crippen LogP contribution in [0.25, 0.3) is 11.1 Å². The number of hydrogen-bond donors (Lipinski definition) is 2. The second kappa shape index (κ2) is 8.62. The molecule has 0 saturated carbocycles. The first kappa shape index (κ1) is 22.1. The Morgan fingerprint density at radius 2 is 1.00 bits per heavy atom. The molecule has 29 heavy (non-hydrogen) atoms. The fourth-order valence-corrected chi connectivity index (χ4v) is 4.45. The van der Waals surface area contributed by atoms with E-state index in [9.17, 15) is 0 Å². The Kier molecular flexibility index (Phi) is 6.55. The van der Waals surface area contributed by atoms with Gasteiger partial charge in [-0.1, -0.05) is 91.8 Å². The lowest BCUT2D eigenvalue weighted by molar-refractivity contribution is 0.402. The predicted octanol–water partition coefficient (Wildman–Crippen LogP) is 6.20. The van der Waals surface area contributed by atoms with Gasteiger partial charge in [-0.25, -0.2) is 0 Å². The Balaban J connectivity index is 2.24. The summed E-state index contributed by atoms with van der Waals surface area (Å²) in [7, 11) is 0. The van der Waals surface area contributed by atoms with Crippen molar-refractivity contribution in [2.75, 3.05) is 13.1 Å². The van der Waals surface area contributed by atoms with E-state index in [0.29, 0.717) is 23.9 Å². The molecule has 3 rings (SSSR count). The predicted molar refractivity (Wildman–Crippen MR) is 127 cm³/mol. The molecule has 0 aliphatic heterocycles. The maximum atomic E-state index is 3.79. The molecule has 2 N–H and O–H groups in total. The van der Waals surface area contributed by atoms with Crippen molar-refractivity contribution < 1.29 is 0 Å². The molecule has 1 aliphatic rings. The summed E-state index contributed by atoms with van der Waals surface area (Å²) in [5.41, 5.74) is 8.61. The summed E-state index contributed by atoms with van der Waals surface area (Å²) in [4.78, 5) is 0. The van der Waals surface area contributed by atoms with Gasteiger partial charge in [0.05, 0.1) is 0 Å². The molecule has 2 heteroatoms. The summed E-state index contributed by atoms with van der Waals surface area (Å²) < 4.78 is 0. The molecule has 0 atom stereocenters. The summed E-state index contributed by atoms with van der Waals surface area (Å²) in [5, 5.41) is 7.58. The highest BCUT2D eigenvalue weighted by Gasteiger charge is 2.43. The molecular weight excluding hydrogens is 352 g/mol. The maximum absolute atomic E-state index is 3.79. The minimum Gasteiger partial charge on any atom is -0.313 e. The number of rotatable bonds is 8. The van der Waals surface area contributed by atoms with E-state index in [0.717, 1.165) is 13.1 Å². The van der Waals surface area contributed by atoms with E-state index in [1.807, 2.05) is 0 Å². The molecule has 0 saturated heterocycles. The van der Waals surface area contributed by atoms with Gasteiger partial charge in [-0.05, 0) is 45.2 Å². The summed E-state index contributed by atoms with van der Waals surface area (Å²) in [5.74, 6) is 1.06. The summed E-state index contributed by atoms with van der Waals surface area (Å²) in [6.07, 6.45) is 0. The fraction of sp³-hybridized carbons (Fsp3) is 0.556. The van der Waals surface area contributed by atoms with Gasteiger partial charge >= 0.3 is 0 Å². The van der Waals surface area contributed by atoms with Gasteiger partial charge in [0.25, 0.3) is 0 Å². The SMILES string of the molecule is CC(C)NCC1(CNC(C)C)c2cc(C(C)C)ccc2-c2ccc(C(C)C)cc21. The van der Waals surface area contributed by atoms with Crippen molar-refractivity contribution in [3.8, 4) is 11.1 Å². The fourth-order valence-electron chi connectivity index (χ4n) is 4.45. The Labute approximate surface area is 178 Å². The Hall–Kier alpha value is -1.64. The summed E-state index contributed by atoms with van der Waals surface area (Å²) in [6.45, 7) is 20.1. The van der Waals surface area contributed by atoms with Crippen LogP contribution in [0.2, 0.25) is 0 Å². The van der Waals surface area contributed by atoms with Crippen LogP contribution in [-0.4, -0.2) is 25.2 Å². The highest BCUT2D eigenvalue weighted by atomic mass is 15.0. The molecule has 2 aromatic carbocycles. The van der Waals surface area contributed by atoms with Crippen LogP contribution in [0.15, 0.2) is 36.4 Å². The second-order valence-electron chi connectivity index (χ2n) is 10.1. The molecule has 158 valence electrons. The van der Waals surface area contributed by atoms with Gasteiger partial charge in [0.1, 0.15) is 0 Å². The molecule has 1 aliphatic carbocycles. The molecule has 0 fully saturated rings. The quantitative estimate of drug-likeness (QED) is 0.559. The summed E-state index contributed by atoms with van der Waals surface area (Å²) in [6, 6.07) is 15.3. The van der Waals surface area contributed by atoms with Gasteiger partial charge in [0.2, 0.25) is 0 Å². The van der Waals surface area contributed by atoms with E-state index in [1.54, 1.807) is 0 Å². The van der Waals surface area contributed by atoms with Crippen molar-refractivity contribution >= 4 is 0 Å². The average molecular weight is 393 g/mol. The third-order valence-electron chi connectivity index (χ3n) is 6.37. The molecule has 0 unspecified atom stereocenters. The Morgan fingerprint density at radius 1 is 0.621 bits per heavy atom. The Bertz CT molecular complexity index is 774. The largest absolute Gasteiger partial charge is 0.313 e. The van der Waals surface area contributed by atoms with Crippen LogP contribution < -0.4 is 10.6 Å². The van der Waals surface area contributed by atoms with E-state index in [-0.39, 0.29) is 5.41 Å². The third kappa shape index (κ3) is 4.29. The standard InChI is InChI=1S/C27H40N2/c1-17(2)21-9-11-23-24-12-10-22(18(3)4)14-26(24)27(25(23)13-21,15-28-19(5)6)16-29-20(7)8/h9-14,17-20,28-29H,15-16H2,1-8H3. The highest BCUT2D eigenvalue weighted by molar-refractivity contribution is 5.82. The molecule has 0 aromatic heterocycles. The number of nitrogens with one attached hydrogen (secondary N) is 2. The molecular formula is C27H40N2. The van der Waals surface area contributed by atoms with Crippen molar-refractivity contribution in [2.45, 2.75) is 84.7 Å². The number of fused-ring (bicyclic) bond motifs is 3. The number of hydrogen-bond acceptors (Lipinski definition) is 2. The van der Waals surface area contributed by atoms with Crippen LogP contribution in [0.3, 0.4) is 0 Å². The van der Waals surface area contributed by atoms with Gasteiger partial charge < -0.3 is 10.6 Å². The van der Waals surface area contributed by atoms with Gasteiger partial charge in [-0.2, -0.15) is 0 Å². The zero-order chi connectivity index (χ0) is 21.3. The number of benzene rings is 2. The Morgan fingerprint density at radius 3 is 1.31 bits per heavy atom. The van der Waals surface area contributed by atoms with Gasteiger partial charge in [-0.15, -0.1) is 0 Å². The van der Waals surface area contributed by atoms with E-state index in [1.165, 1.54) is 33.4 Å². The molecule has 0 amide bonds. The molecule has 0 heterocycles. The lowest BCUT2D eigenvalue weighted by Gasteiger charge is -2.35. The molecule has 2 nitrogen and oxygen atoms in total. The van der Waals surface area contributed by atoms with Crippen LogP contribution in [0, 0.1) is 0 Å². The highest BCUT2D eigenvalue weighted by Crippen LogP contribution is 2.50. The third-order valence-corrected chi connectivity index (χ3v) is 6.37. The van der Waals surface area contributed by atoms with E-state index < -0.39 is 0 Å². The van der Waals surface area contributed by atoms with Crippen molar-refractivity contribution in [3.05, 3.63) is 58.7 Å². The topological polar surface area (TPSA) is 24.1 Å². The van der Waals surface area contributed by atoms with Crippen LogP contribution in [0.5, 0.6) is 0 Å². The van der Waals surface area contributed by atoms with Crippen LogP contribution in [-0.2, 0) is 5.41 Å².